The maximum atomic E-state index is 6.33. The van der Waals surface area contributed by atoms with E-state index in [9.17, 15) is 0 Å². The van der Waals surface area contributed by atoms with Crippen LogP contribution in [0.4, 0.5) is 5.69 Å². The lowest BCUT2D eigenvalue weighted by Crippen LogP contribution is -2.49. The Hall–Kier alpha value is -1.52. The quantitative estimate of drug-likeness (QED) is 0.861. The highest BCUT2D eigenvalue weighted by Gasteiger charge is 2.32. The van der Waals surface area contributed by atoms with Crippen LogP contribution in [-0.2, 0) is 0 Å². The normalized spacial score (nSPS) is 25.9. The standard InChI is InChI=1S/C18H23ClN4/c19-17-4-1-2-5-18(17)22-12-10-21(11-13-22)15-6-7-16(14-15)23-9-3-8-20-23/h1-5,8-9,15-16H,6-7,10-14H2/t15-,16+/m0/s1. The van der Waals surface area contributed by atoms with Crippen LogP contribution in [0.25, 0.3) is 0 Å². The smallest absolute Gasteiger partial charge is 0.0639 e. The van der Waals surface area contributed by atoms with Gasteiger partial charge in [-0.3, -0.25) is 9.58 Å². The summed E-state index contributed by atoms with van der Waals surface area (Å²) in [4.78, 5) is 5.08. The molecule has 1 saturated carbocycles. The molecule has 0 radical (unpaired) electrons. The van der Waals surface area contributed by atoms with Gasteiger partial charge in [0.25, 0.3) is 0 Å². The van der Waals surface area contributed by atoms with Crippen molar-refractivity contribution in [3.63, 3.8) is 0 Å². The summed E-state index contributed by atoms with van der Waals surface area (Å²) in [7, 11) is 0. The highest BCUT2D eigenvalue weighted by Crippen LogP contribution is 2.34. The Balaban J connectivity index is 1.34. The van der Waals surface area contributed by atoms with Crippen molar-refractivity contribution in [1.82, 2.24) is 14.7 Å². The van der Waals surface area contributed by atoms with Crippen LogP contribution in [0.5, 0.6) is 0 Å². The Morgan fingerprint density at radius 2 is 1.74 bits per heavy atom. The minimum absolute atomic E-state index is 0.580. The third-order valence-corrected chi connectivity index (χ3v) is 5.62. The SMILES string of the molecule is Clc1ccccc1N1CCN([C@H]2CC[C@@H](n3cccn3)C2)CC1. The van der Waals surface area contributed by atoms with Gasteiger partial charge in [0.05, 0.1) is 16.8 Å². The Bertz CT molecular complexity index is 634. The number of piperazine rings is 1. The summed E-state index contributed by atoms with van der Waals surface area (Å²) in [6.07, 6.45) is 7.75. The Morgan fingerprint density at radius 1 is 0.957 bits per heavy atom. The van der Waals surface area contributed by atoms with Gasteiger partial charge in [-0.2, -0.15) is 5.10 Å². The first-order valence-electron chi connectivity index (χ1n) is 8.54. The van der Waals surface area contributed by atoms with Crippen LogP contribution >= 0.6 is 11.6 Å². The molecule has 2 aromatic rings. The lowest BCUT2D eigenvalue weighted by atomic mass is 10.1. The van der Waals surface area contributed by atoms with Crippen molar-refractivity contribution >= 4 is 17.3 Å². The number of halogens is 1. The molecular formula is C18H23ClN4. The monoisotopic (exact) mass is 330 g/mol. The molecule has 4 rings (SSSR count). The summed E-state index contributed by atoms with van der Waals surface area (Å²) >= 11 is 6.33. The molecule has 1 aromatic heterocycles. The molecule has 2 fully saturated rings. The van der Waals surface area contributed by atoms with E-state index in [0.29, 0.717) is 12.1 Å². The van der Waals surface area contributed by atoms with E-state index in [1.165, 1.54) is 24.9 Å². The van der Waals surface area contributed by atoms with Crippen LogP contribution in [0, 0.1) is 0 Å². The van der Waals surface area contributed by atoms with Gasteiger partial charge in [0.1, 0.15) is 0 Å². The summed E-state index contributed by atoms with van der Waals surface area (Å²) < 4.78 is 2.14. The van der Waals surface area contributed by atoms with E-state index in [0.717, 1.165) is 31.2 Å². The zero-order valence-corrected chi connectivity index (χ0v) is 14.1. The maximum Gasteiger partial charge on any atom is 0.0639 e. The van der Waals surface area contributed by atoms with Gasteiger partial charge in [-0.05, 0) is 37.5 Å². The van der Waals surface area contributed by atoms with E-state index >= 15 is 0 Å². The van der Waals surface area contributed by atoms with Crippen molar-refractivity contribution in [2.75, 3.05) is 31.1 Å². The predicted octanol–water partition coefficient (Wildman–Crippen LogP) is 3.45. The van der Waals surface area contributed by atoms with Crippen LogP contribution in [0.2, 0.25) is 5.02 Å². The van der Waals surface area contributed by atoms with E-state index in [1.807, 2.05) is 24.4 Å². The zero-order valence-electron chi connectivity index (χ0n) is 13.3. The number of benzene rings is 1. The van der Waals surface area contributed by atoms with Crippen molar-refractivity contribution in [1.29, 1.82) is 0 Å². The summed E-state index contributed by atoms with van der Waals surface area (Å²) in [5.41, 5.74) is 1.18. The van der Waals surface area contributed by atoms with Gasteiger partial charge in [-0.25, -0.2) is 0 Å². The fourth-order valence-corrected chi connectivity index (χ4v) is 4.29. The van der Waals surface area contributed by atoms with E-state index in [-0.39, 0.29) is 0 Å². The lowest BCUT2D eigenvalue weighted by Gasteiger charge is -2.39. The first-order chi connectivity index (χ1) is 11.3. The average molecular weight is 331 g/mol. The molecule has 0 spiro atoms. The molecule has 1 aliphatic heterocycles. The average Bonchev–Trinajstić information content (AvgIpc) is 3.27. The summed E-state index contributed by atoms with van der Waals surface area (Å²) in [6, 6.07) is 11.5. The molecule has 5 heteroatoms. The van der Waals surface area contributed by atoms with Crippen LogP contribution in [0.1, 0.15) is 25.3 Å². The second kappa shape index (κ2) is 6.54. The van der Waals surface area contributed by atoms with Crippen LogP contribution in [0.3, 0.4) is 0 Å². The number of aromatic nitrogens is 2. The number of anilines is 1. The lowest BCUT2D eigenvalue weighted by molar-refractivity contribution is 0.183. The van der Waals surface area contributed by atoms with E-state index < -0.39 is 0 Å². The number of hydrogen-bond donors (Lipinski definition) is 0. The van der Waals surface area contributed by atoms with Gasteiger partial charge in [-0.1, -0.05) is 23.7 Å². The van der Waals surface area contributed by atoms with Gasteiger partial charge in [-0.15, -0.1) is 0 Å². The van der Waals surface area contributed by atoms with Gasteiger partial charge in [0, 0.05) is 44.6 Å². The number of hydrogen-bond acceptors (Lipinski definition) is 3. The highest BCUT2D eigenvalue weighted by atomic mass is 35.5. The molecule has 122 valence electrons. The fourth-order valence-electron chi connectivity index (χ4n) is 4.04. The van der Waals surface area contributed by atoms with E-state index in [4.69, 9.17) is 11.6 Å². The molecule has 1 saturated heterocycles. The van der Waals surface area contributed by atoms with Gasteiger partial charge >= 0.3 is 0 Å². The van der Waals surface area contributed by atoms with Gasteiger partial charge in [0.15, 0.2) is 0 Å². The molecule has 4 nitrogen and oxygen atoms in total. The number of para-hydroxylation sites is 1. The van der Waals surface area contributed by atoms with Crippen LogP contribution in [0.15, 0.2) is 42.7 Å². The largest absolute Gasteiger partial charge is 0.368 e. The molecule has 2 atom stereocenters. The van der Waals surface area contributed by atoms with Crippen molar-refractivity contribution in [3.8, 4) is 0 Å². The molecule has 23 heavy (non-hydrogen) atoms. The molecule has 0 amide bonds. The predicted molar refractivity (Wildman–Crippen MR) is 94.1 cm³/mol. The number of rotatable bonds is 3. The molecule has 2 aliphatic rings. The molecule has 2 heterocycles. The van der Waals surface area contributed by atoms with Crippen molar-refractivity contribution < 1.29 is 0 Å². The Morgan fingerprint density at radius 3 is 2.48 bits per heavy atom. The second-order valence-corrected chi connectivity index (χ2v) is 6.99. The molecule has 0 bridgehead atoms. The summed E-state index contributed by atoms with van der Waals surface area (Å²) in [5.74, 6) is 0. The third kappa shape index (κ3) is 3.10. The first kappa shape index (κ1) is 15.0. The topological polar surface area (TPSA) is 24.3 Å². The number of nitrogens with zero attached hydrogens (tertiary/aromatic N) is 4. The molecular weight excluding hydrogens is 308 g/mol. The Kier molecular flexibility index (Phi) is 4.27. The Labute approximate surface area is 142 Å². The third-order valence-electron chi connectivity index (χ3n) is 5.30. The van der Waals surface area contributed by atoms with Crippen molar-refractivity contribution in [2.45, 2.75) is 31.3 Å². The van der Waals surface area contributed by atoms with E-state index in [2.05, 4.69) is 37.9 Å². The maximum absolute atomic E-state index is 6.33. The summed E-state index contributed by atoms with van der Waals surface area (Å²) in [5, 5.41) is 5.28. The second-order valence-electron chi connectivity index (χ2n) is 6.58. The minimum Gasteiger partial charge on any atom is -0.368 e. The zero-order chi connectivity index (χ0) is 15.6. The first-order valence-corrected chi connectivity index (χ1v) is 8.92. The van der Waals surface area contributed by atoms with Gasteiger partial charge in [0.2, 0.25) is 0 Å². The summed E-state index contributed by atoms with van der Waals surface area (Å²) in [6.45, 7) is 4.38. The van der Waals surface area contributed by atoms with Crippen LogP contribution < -0.4 is 4.90 Å². The van der Waals surface area contributed by atoms with Crippen LogP contribution in [-0.4, -0.2) is 46.9 Å². The molecule has 1 aliphatic carbocycles. The molecule has 1 aromatic carbocycles. The minimum atomic E-state index is 0.580. The van der Waals surface area contributed by atoms with Gasteiger partial charge < -0.3 is 4.90 Å². The van der Waals surface area contributed by atoms with Crippen molar-refractivity contribution in [2.24, 2.45) is 0 Å². The highest BCUT2D eigenvalue weighted by molar-refractivity contribution is 6.33. The van der Waals surface area contributed by atoms with Crippen molar-refractivity contribution in [3.05, 3.63) is 47.7 Å². The fraction of sp³-hybridized carbons (Fsp3) is 0.500. The molecule has 0 N–H and O–H groups in total. The molecule has 0 unspecified atom stereocenters. The van der Waals surface area contributed by atoms with E-state index in [1.54, 1.807) is 0 Å².